The molecule has 1 N–H and O–H groups in total. The van der Waals surface area contributed by atoms with Crippen LogP contribution in [0.25, 0.3) is 0 Å². The van der Waals surface area contributed by atoms with Crippen LogP contribution in [-0.2, 0) is 6.54 Å². The minimum Gasteiger partial charge on any atom is -0.379 e. The number of nitrogens with zero attached hydrogens (tertiary/aromatic N) is 1. The van der Waals surface area contributed by atoms with Gasteiger partial charge in [-0.1, -0.05) is 11.6 Å². The van der Waals surface area contributed by atoms with Crippen LogP contribution in [-0.4, -0.2) is 4.92 Å². The lowest BCUT2D eigenvalue weighted by molar-refractivity contribution is -0.384. The van der Waals surface area contributed by atoms with E-state index in [0.29, 0.717) is 10.6 Å². The first-order chi connectivity index (χ1) is 9.47. The van der Waals surface area contributed by atoms with Gasteiger partial charge in [-0.25, -0.2) is 8.78 Å². The maximum absolute atomic E-state index is 13.4. The highest BCUT2D eigenvalue weighted by Gasteiger charge is 2.10. The van der Waals surface area contributed by atoms with Gasteiger partial charge in [0, 0.05) is 29.8 Å². The van der Waals surface area contributed by atoms with Gasteiger partial charge in [-0.3, -0.25) is 10.1 Å². The van der Waals surface area contributed by atoms with Crippen molar-refractivity contribution in [3.05, 3.63) is 68.7 Å². The van der Waals surface area contributed by atoms with E-state index in [9.17, 15) is 18.9 Å². The quantitative estimate of drug-likeness (QED) is 0.682. The normalized spacial score (nSPS) is 10.3. The summed E-state index contributed by atoms with van der Waals surface area (Å²) in [7, 11) is 0. The summed E-state index contributed by atoms with van der Waals surface area (Å²) in [6.45, 7) is 0.0864. The summed E-state index contributed by atoms with van der Waals surface area (Å²) in [6, 6.07) is 7.09. The molecule has 0 saturated heterocycles. The molecular weight excluding hydrogens is 290 g/mol. The van der Waals surface area contributed by atoms with Crippen LogP contribution >= 0.6 is 11.6 Å². The van der Waals surface area contributed by atoms with E-state index in [1.165, 1.54) is 24.3 Å². The molecule has 0 fully saturated rings. The van der Waals surface area contributed by atoms with E-state index >= 15 is 0 Å². The number of benzene rings is 2. The number of hydrogen-bond donors (Lipinski definition) is 1. The van der Waals surface area contributed by atoms with Crippen molar-refractivity contribution in [1.29, 1.82) is 0 Å². The number of nitrogens with one attached hydrogen (secondary N) is 1. The number of nitro groups is 1. The average Bonchev–Trinajstić information content (AvgIpc) is 2.39. The molecule has 2 aromatic carbocycles. The topological polar surface area (TPSA) is 55.2 Å². The van der Waals surface area contributed by atoms with Crippen LogP contribution in [0.2, 0.25) is 5.02 Å². The summed E-state index contributed by atoms with van der Waals surface area (Å²) in [5.74, 6) is -1.42. The molecule has 2 aromatic rings. The zero-order valence-corrected chi connectivity index (χ0v) is 10.8. The molecule has 0 aliphatic heterocycles. The lowest BCUT2D eigenvalue weighted by atomic mass is 10.2. The second-order valence-electron chi connectivity index (χ2n) is 4.01. The molecule has 0 aliphatic rings. The maximum atomic E-state index is 13.4. The van der Waals surface area contributed by atoms with E-state index in [1.54, 1.807) is 0 Å². The summed E-state index contributed by atoms with van der Waals surface area (Å²) >= 11 is 5.92. The van der Waals surface area contributed by atoms with Gasteiger partial charge in [0.25, 0.3) is 5.69 Å². The van der Waals surface area contributed by atoms with Gasteiger partial charge in [0.1, 0.15) is 11.6 Å². The first kappa shape index (κ1) is 14.2. The molecule has 20 heavy (non-hydrogen) atoms. The lowest BCUT2D eigenvalue weighted by Gasteiger charge is -2.09. The Bertz CT molecular complexity index is 665. The molecule has 0 spiro atoms. The van der Waals surface area contributed by atoms with E-state index in [0.717, 1.165) is 12.1 Å². The Kier molecular flexibility index (Phi) is 4.14. The minimum absolute atomic E-state index is 0.0864. The first-order valence-corrected chi connectivity index (χ1v) is 5.97. The van der Waals surface area contributed by atoms with E-state index < -0.39 is 16.6 Å². The SMILES string of the molecule is O=[N+]([O-])c1ccc(Cl)c(CNc2ccc(F)cc2F)c1. The molecule has 104 valence electrons. The summed E-state index contributed by atoms with van der Waals surface area (Å²) in [4.78, 5) is 10.1. The van der Waals surface area contributed by atoms with Crippen molar-refractivity contribution in [3.8, 4) is 0 Å². The summed E-state index contributed by atoms with van der Waals surface area (Å²) in [5, 5.41) is 13.7. The predicted octanol–water partition coefficient (Wildman–Crippen LogP) is 4.14. The molecule has 0 bridgehead atoms. The molecule has 4 nitrogen and oxygen atoms in total. The smallest absolute Gasteiger partial charge is 0.269 e. The largest absolute Gasteiger partial charge is 0.379 e. The van der Waals surface area contributed by atoms with Gasteiger partial charge in [-0.05, 0) is 23.8 Å². The molecule has 0 aliphatic carbocycles. The van der Waals surface area contributed by atoms with E-state index in [4.69, 9.17) is 11.6 Å². The van der Waals surface area contributed by atoms with Crippen LogP contribution in [0.4, 0.5) is 20.2 Å². The third-order valence-corrected chi connectivity index (χ3v) is 3.01. The Morgan fingerprint density at radius 2 is 1.95 bits per heavy atom. The highest BCUT2D eigenvalue weighted by Crippen LogP contribution is 2.23. The zero-order chi connectivity index (χ0) is 14.7. The van der Waals surface area contributed by atoms with Gasteiger partial charge in [-0.15, -0.1) is 0 Å². The van der Waals surface area contributed by atoms with Crippen molar-refractivity contribution >= 4 is 23.0 Å². The molecule has 0 radical (unpaired) electrons. The van der Waals surface area contributed by atoms with E-state index in [2.05, 4.69) is 5.32 Å². The molecule has 0 amide bonds. The highest BCUT2D eigenvalue weighted by atomic mass is 35.5. The van der Waals surface area contributed by atoms with Gasteiger partial charge >= 0.3 is 0 Å². The molecule has 0 atom stereocenters. The Hall–Kier alpha value is -2.21. The molecule has 0 aromatic heterocycles. The van der Waals surface area contributed by atoms with Gasteiger partial charge in [0.05, 0.1) is 10.6 Å². The fraction of sp³-hybridized carbons (Fsp3) is 0.0769. The van der Waals surface area contributed by atoms with E-state index in [1.807, 2.05) is 0 Å². The number of hydrogen-bond acceptors (Lipinski definition) is 3. The monoisotopic (exact) mass is 298 g/mol. The standard InChI is InChI=1S/C13H9ClF2N2O2/c14-11-3-2-10(18(19)20)5-8(11)7-17-13-4-1-9(15)6-12(13)16/h1-6,17H,7H2. The molecule has 0 heterocycles. The number of non-ortho nitro benzene ring substituents is 1. The highest BCUT2D eigenvalue weighted by molar-refractivity contribution is 6.31. The molecule has 0 saturated carbocycles. The Morgan fingerprint density at radius 3 is 2.60 bits per heavy atom. The zero-order valence-electron chi connectivity index (χ0n) is 10.1. The second-order valence-corrected chi connectivity index (χ2v) is 4.42. The van der Waals surface area contributed by atoms with Gasteiger partial charge < -0.3 is 5.32 Å². The predicted molar refractivity (Wildman–Crippen MR) is 71.8 cm³/mol. The summed E-state index contributed by atoms with van der Waals surface area (Å²) in [5.41, 5.74) is 0.435. The lowest BCUT2D eigenvalue weighted by Crippen LogP contribution is -2.03. The number of anilines is 1. The second kappa shape index (κ2) is 5.83. The number of halogens is 3. The molecule has 2 rings (SSSR count). The van der Waals surface area contributed by atoms with Crippen molar-refractivity contribution < 1.29 is 13.7 Å². The van der Waals surface area contributed by atoms with Crippen LogP contribution in [0.3, 0.4) is 0 Å². The van der Waals surface area contributed by atoms with Crippen molar-refractivity contribution in [2.24, 2.45) is 0 Å². The van der Waals surface area contributed by atoms with Crippen molar-refractivity contribution in [1.82, 2.24) is 0 Å². The average molecular weight is 299 g/mol. The number of rotatable bonds is 4. The minimum atomic E-state index is -0.744. The van der Waals surface area contributed by atoms with Crippen LogP contribution < -0.4 is 5.32 Å². The Morgan fingerprint density at radius 1 is 1.20 bits per heavy atom. The van der Waals surface area contributed by atoms with Crippen molar-refractivity contribution in [3.63, 3.8) is 0 Å². The van der Waals surface area contributed by atoms with Gasteiger partial charge in [-0.2, -0.15) is 0 Å². The van der Waals surface area contributed by atoms with Crippen LogP contribution in [0.15, 0.2) is 36.4 Å². The van der Waals surface area contributed by atoms with Crippen LogP contribution in [0.1, 0.15) is 5.56 Å². The van der Waals surface area contributed by atoms with E-state index in [-0.39, 0.29) is 17.9 Å². The Labute approximate surface area is 118 Å². The van der Waals surface area contributed by atoms with Gasteiger partial charge in [0.2, 0.25) is 0 Å². The van der Waals surface area contributed by atoms with Crippen LogP contribution in [0.5, 0.6) is 0 Å². The maximum Gasteiger partial charge on any atom is 0.269 e. The fourth-order valence-corrected chi connectivity index (χ4v) is 1.82. The van der Waals surface area contributed by atoms with Crippen molar-refractivity contribution in [2.45, 2.75) is 6.54 Å². The molecule has 0 unspecified atom stereocenters. The Balaban J connectivity index is 2.18. The third kappa shape index (κ3) is 3.21. The van der Waals surface area contributed by atoms with Crippen LogP contribution in [0, 0.1) is 21.7 Å². The molecular formula is C13H9ClF2N2O2. The third-order valence-electron chi connectivity index (χ3n) is 2.64. The summed E-state index contributed by atoms with van der Waals surface area (Å²) < 4.78 is 26.2. The van der Waals surface area contributed by atoms with Crippen molar-refractivity contribution in [2.75, 3.05) is 5.32 Å². The molecule has 7 heteroatoms. The van der Waals surface area contributed by atoms with Gasteiger partial charge in [0.15, 0.2) is 0 Å². The first-order valence-electron chi connectivity index (χ1n) is 5.59. The summed E-state index contributed by atoms with van der Waals surface area (Å²) in [6.07, 6.45) is 0. The number of nitro benzene ring substituents is 1. The fourth-order valence-electron chi connectivity index (χ4n) is 1.63.